The minimum atomic E-state index is -0.996. The van der Waals surface area contributed by atoms with Crippen molar-refractivity contribution >= 4 is 34.1 Å². The zero-order valence-corrected chi connectivity index (χ0v) is 20.0. The molecule has 5 nitrogen and oxygen atoms in total. The molecule has 3 aromatic carbocycles. The molecule has 4 aromatic rings. The molecule has 1 aromatic heterocycles. The van der Waals surface area contributed by atoms with Gasteiger partial charge in [-0.05, 0) is 88.4 Å². The lowest BCUT2D eigenvalue weighted by Crippen LogP contribution is -2.16. The molecule has 36 heavy (non-hydrogen) atoms. The van der Waals surface area contributed by atoms with Crippen LogP contribution in [0.15, 0.2) is 66.7 Å². The highest BCUT2D eigenvalue weighted by Gasteiger charge is 2.28. The molecule has 0 saturated heterocycles. The molecular weight excluding hydrogens is 455 g/mol. The van der Waals surface area contributed by atoms with Crippen molar-refractivity contribution in [1.82, 2.24) is 10.2 Å². The van der Waals surface area contributed by atoms with E-state index < -0.39 is 11.9 Å². The van der Waals surface area contributed by atoms with E-state index in [9.17, 15) is 14.3 Å². The zero-order chi connectivity index (χ0) is 25.2. The number of carboxylic acid groups (broad SMARTS) is 1. The highest BCUT2D eigenvalue weighted by atomic mass is 19.1. The van der Waals surface area contributed by atoms with Crippen LogP contribution in [0.3, 0.4) is 0 Å². The molecule has 6 heteroatoms. The van der Waals surface area contributed by atoms with Gasteiger partial charge in [0.2, 0.25) is 5.95 Å². The largest absolute Gasteiger partial charge is 0.478 e. The SMILES string of the molecule is Cc1cc(CO)ccc1C(=C(c1ccc(C=CC(=O)O)cc1)c1ccc2[nH]nc(F)c2c1)C1CCC1. The Bertz CT molecular complexity index is 1490. The number of hydrogen-bond acceptors (Lipinski definition) is 3. The lowest BCUT2D eigenvalue weighted by atomic mass is 9.72. The van der Waals surface area contributed by atoms with Gasteiger partial charge in [-0.3, -0.25) is 5.10 Å². The van der Waals surface area contributed by atoms with E-state index >= 15 is 0 Å². The number of benzene rings is 3. The molecule has 5 rings (SSSR count). The van der Waals surface area contributed by atoms with Gasteiger partial charge in [-0.15, -0.1) is 5.10 Å². The summed E-state index contributed by atoms with van der Waals surface area (Å²) in [6.07, 6.45) is 5.98. The van der Waals surface area contributed by atoms with Crippen molar-refractivity contribution in [3.05, 3.63) is 106 Å². The molecule has 1 heterocycles. The Balaban J connectivity index is 1.76. The number of aliphatic hydroxyl groups is 1. The van der Waals surface area contributed by atoms with Crippen molar-refractivity contribution in [3.8, 4) is 0 Å². The van der Waals surface area contributed by atoms with Crippen LogP contribution in [-0.2, 0) is 11.4 Å². The van der Waals surface area contributed by atoms with Crippen molar-refractivity contribution in [2.75, 3.05) is 0 Å². The Hall–Kier alpha value is -4.03. The number of allylic oxidation sites excluding steroid dienone is 1. The number of aliphatic hydroxyl groups excluding tert-OH is 1. The number of aromatic amines is 1. The number of carbonyl (C=O) groups is 1. The van der Waals surface area contributed by atoms with Crippen LogP contribution in [0.25, 0.3) is 28.1 Å². The minimum Gasteiger partial charge on any atom is -0.478 e. The van der Waals surface area contributed by atoms with E-state index in [1.54, 1.807) is 6.08 Å². The van der Waals surface area contributed by atoms with Gasteiger partial charge in [0.1, 0.15) is 0 Å². The number of halogens is 1. The Kier molecular flexibility index (Phi) is 6.53. The molecule has 0 radical (unpaired) electrons. The van der Waals surface area contributed by atoms with Gasteiger partial charge < -0.3 is 10.2 Å². The molecule has 3 N–H and O–H groups in total. The number of nitrogens with zero attached hydrogens (tertiary/aromatic N) is 1. The highest BCUT2D eigenvalue weighted by Crippen LogP contribution is 2.46. The second-order valence-corrected chi connectivity index (χ2v) is 9.29. The third-order valence-electron chi connectivity index (χ3n) is 6.97. The molecule has 0 unspecified atom stereocenters. The van der Waals surface area contributed by atoms with E-state index in [1.807, 2.05) is 54.6 Å². The van der Waals surface area contributed by atoms with Crippen LogP contribution in [0, 0.1) is 18.8 Å². The second-order valence-electron chi connectivity index (χ2n) is 9.29. The Morgan fingerprint density at radius 1 is 1.08 bits per heavy atom. The molecule has 0 bridgehead atoms. The summed E-state index contributed by atoms with van der Waals surface area (Å²) in [5.74, 6) is -1.17. The summed E-state index contributed by atoms with van der Waals surface area (Å²) in [7, 11) is 0. The van der Waals surface area contributed by atoms with Gasteiger partial charge >= 0.3 is 5.97 Å². The fraction of sp³-hybridized carbons (Fsp3) is 0.200. The van der Waals surface area contributed by atoms with Crippen molar-refractivity contribution < 1.29 is 19.4 Å². The van der Waals surface area contributed by atoms with Gasteiger partial charge in [-0.2, -0.15) is 4.39 Å². The first-order chi connectivity index (χ1) is 17.4. The predicted molar refractivity (Wildman–Crippen MR) is 140 cm³/mol. The van der Waals surface area contributed by atoms with Crippen LogP contribution in [0.5, 0.6) is 0 Å². The second kappa shape index (κ2) is 9.91. The normalized spacial score (nSPS) is 14.8. The first kappa shape index (κ1) is 23.7. The lowest BCUT2D eigenvalue weighted by Gasteiger charge is -2.32. The van der Waals surface area contributed by atoms with Gasteiger partial charge in [0, 0.05) is 6.08 Å². The van der Waals surface area contributed by atoms with E-state index in [4.69, 9.17) is 5.11 Å². The number of aliphatic carboxylic acids is 1. The smallest absolute Gasteiger partial charge is 0.328 e. The van der Waals surface area contributed by atoms with E-state index in [0.717, 1.165) is 64.3 Å². The zero-order valence-electron chi connectivity index (χ0n) is 20.0. The molecule has 1 saturated carbocycles. The summed E-state index contributed by atoms with van der Waals surface area (Å²) in [6, 6.07) is 19.5. The molecular formula is C30H27FN2O3. The van der Waals surface area contributed by atoms with E-state index in [2.05, 4.69) is 23.2 Å². The van der Waals surface area contributed by atoms with Crippen LogP contribution >= 0.6 is 0 Å². The first-order valence-corrected chi connectivity index (χ1v) is 12.0. The Morgan fingerprint density at radius 3 is 2.47 bits per heavy atom. The monoisotopic (exact) mass is 482 g/mol. The first-order valence-electron chi connectivity index (χ1n) is 12.0. The van der Waals surface area contributed by atoms with Crippen molar-refractivity contribution in [3.63, 3.8) is 0 Å². The van der Waals surface area contributed by atoms with Gasteiger partial charge in [-0.1, -0.05) is 55.0 Å². The molecule has 0 aliphatic heterocycles. The fourth-order valence-corrected chi connectivity index (χ4v) is 4.93. The fourth-order valence-electron chi connectivity index (χ4n) is 4.93. The van der Waals surface area contributed by atoms with Crippen LogP contribution in [0.2, 0.25) is 0 Å². The van der Waals surface area contributed by atoms with Gasteiger partial charge in [-0.25, -0.2) is 4.79 Å². The average Bonchev–Trinajstić information content (AvgIpc) is 3.22. The summed E-state index contributed by atoms with van der Waals surface area (Å²) >= 11 is 0. The highest BCUT2D eigenvalue weighted by molar-refractivity contribution is 6.02. The summed E-state index contributed by atoms with van der Waals surface area (Å²) in [6.45, 7) is 2.04. The summed E-state index contributed by atoms with van der Waals surface area (Å²) < 4.78 is 14.5. The maximum absolute atomic E-state index is 14.5. The number of H-pyrrole nitrogens is 1. The Labute approximate surface area is 208 Å². The number of nitrogens with one attached hydrogen (secondary N) is 1. The van der Waals surface area contributed by atoms with Crippen molar-refractivity contribution in [1.29, 1.82) is 0 Å². The minimum absolute atomic E-state index is 0.0157. The number of aryl methyl sites for hydroxylation is 1. The summed E-state index contributed by atoms with van der Waals surface area (Å²) in [5, 5.41) is 25.5. The molecule has 1 fully saturated rings. The van der Waals surface area contributed by atoms with Crippen LogP contribution < -0.4 is 0 Å². The molecule has 1 aliphatic carbocycles. The third kappa shape index (κ3) is 4.60. The number of aromatic nitrogens is 2. The third-order valence-corrected chi connectivity index (χ3v) is 6.97. The number of hydrogen-bond donors (Lipinski definition) is 3. The van der Waals surface area contributed by atoms with E-state index in [1.165, 1.54) is 5.57 Å². The van der Waals surface area contributed by atoms with Gasteiger partial charge in [0.05, 0.1) is 17.5 Å². The van der Waals surface area contributed by atoms with Gasteiger partial charge in [0.25, 0.3) is 0 Å². The maximum atomic E-state index is 14.5. The standard InChI is InChI=1S/C30H27FN2O3/c1-18-15-20(17-34)7-12-24(18)29(21-3-2-4-21)28(22-9-5-19(6-10-22)8-14-27(35)36)23-11-13-26-25(16-23)30(31)33-32-26/h5-16,21,34H,2-4,17H2,1H3,(H,32,33)(H,35,36). The van der Waals surface area contributed by atoms with E-state index in [0.29, 0.717) is 16.8 Å². The van der Waals surface area contributed by atoms with Gasteiger partial charge in [0.15, 0.2) is 0 Å². The summed E-state index contributed by atoms with van der Waals surface area (Å²) in [5.41, 5.74) is 8.58. The molecule has 0 atom stereocenters. The average molecular weight is 483 g/mol. The number of carboxylic acids is 1. The number of rotatable bonds is 7. The molecule has 182 valence electrons. The maximum Gasteiger partial charge on any atom is 0.328 e. The molecule has 0 spiro atoms. The Morgan fingerprint density at radius 2 is 1.83 bits per heavy atom. The van der Waals surface area contributed by atoms with Crippen LogP contribution in [0.4, 0.5) is 4.39 Å². The lowest BCUT2D eigenvalue weighted by molar-refractivity contribution is -0.131. The summed E-state index contributed by atoms with van der Waals surface area (Å²) in [4.78, 5) is 10.9. The quantitative estimate of drug-likeness (QED) is 0.211. The molecule has 0 amide bonds. The number of fused-ring (bicyclic) bond motifs is 1. The predicted octanol–water partition coefficient (Wildman–Crippen LogP) is 6.36. The topological polar surface area (TPSA) is 86.2 Å². The van der Waals surface area contributed by atoms with Crippen molar-refractivity contribution in [2.45, 2.75) is 32.8 Å². The van der Waals surface area contributed by atoms with Crippen LogP contribution in [-0.4, -0.2) is 26.4 Å². The van der Waals surface area contributed by atoms with Crippen molar-refractivity contribution in [2.24, 2.45) is 5.92 Å². The van der Waals surface area contributed by atoms with E-state index in [-0.39, 0.29) is 6.61 Å². The van der Waals surface area contributed by atoms with Crippen LogP contribution in [0.1, 0.15) is 52.6 Å². The molecule has 1 aliphatic rings.